The van der Waals surface area contributed by atoms with Crippen molar-refractivity contribution in [2.75, 3.05) is 5.43 Å². The van der Waals surface area contributed by atoms with Gasteiger partial charge >= 0.3 is 11.9 Å². The number of aliphatic carboxylic acids is 1. The van der Waals surface area contributed by atoms with Crippen molar-refractivity contribution in [2.45, 2.75) is 19.1 Å². The van der Waals surface area contributed by atoms with Crippen LogP contribution in [0.4, 0.5) is 5.69 Å². The Bertz CT molecular complexity index is 1710. The highest BCUT2D eigenvalue weighted by atomic mass is 16.5. The first kappa shape index (κ1) is 27.2. The highest BCUT2D eigenvalue weighted by Gasteiger charge is 2.21. The van der Waals surface area contributed by atoms with Gasteiger partial charge in [0.05, 0.1) is 11.3 Å². The number of ketones is 1. The number of para-hydroxylation sites is 1. The Morgan fingerprint density at radius 3 is 2.37 bits per heavy atom. The number of ether oxygens (including phenoxy) is 1. The van der Waals surface area contributed by atoms with Crippen LogP contribution in [0.1, 0.15) is 37.4 Å². The maximum absolute atomic E-state index is 13.0. The van der Waals surface area contributed by atoms with E-state index in [4.69, 9.17) is 4.74 Å². The van der Waals surface area contributed by atoms with Crippen LogP contribution in [0.25, 0.3) is 10.9 Å². The lowest BCUT2D eigenvalue weighted by Crippen LogP contribution is -2.42. The van der Waals surface area contributed by atoms with Gasteiger partial charge in [0.15, 0.2) is 5.78 Å². The molecular formula is C32H27N3O6. The number of hydrazine groups is 1. The summed E-state index contributed by atoms with van der Waals surface area (Å²) in [5.41, 5.74) is 9.69. The molecule has 0 bridgehead atoms. The molecular weight excluding hydrogens is 522 g/mol. The summed E-state index contributed by atoms with van der Waals surface area (Å²) in [5, 5.41) is 20.0. The van der Waals surface area contributed by atoms with Gasteiger partial charge in [-0.25, -0.2) is 10.2 Å². The molecule has 0 fully saturated rings. The van der Waals surface area contributed by atoms with Crippen molar-refractivity contribution in [2.24, 2.45) is 0 Å². The van der Waals surface area contributed by atoms with Crippen LogP contribution in [-0.4, -0.2) is 39.0 Å². The maximum atomic E-state index is 13.0. The molecule has 0 radical (unpaired) electrons. The smallest absolute Gasteiger partial charge is 0.335 e. The van der Waals surface area contributed by atoms with Gasteiger partial charge in [-0.15, -0.1) is 0 Å². The third kappa shape index (κ3) is 6.43. The van der Waals surface area contributed by atoms with Crippen LogP contribution in [0.15, 0.2) is 103 Å². The van der Waals surface area contributed by atoms with E-state index in [-0.39, 0.29) is 24.4 Å². The summed E-state index contributed by atoms with van der Waals surface area (Å²) < 4.78 is 5.91. The number of aromatic amines is 1. The number of hydrogen-bond donors (Lipinski definition) is 5. The van der Waals surface area contributed by atoms with Crippen LogP contribution >= 0.6 is 0 Å². The second-order valence-corrected chi connectivity index (χ2v) is 9.42. The SMILES string of the molecule is O=C(O)c1cccc(COc2ccc3[nH]cc(C[C@H](NNc4ccccc4C(=O)c4ccccc4)C(=O)O)c3c2)c1. The lowest BCUT2D eigenvalue weighted by molar-refractivity contribution is -0.139. The molecule has 0 amide bonds. The zero-order valence-corrected chi connectivity index (χ0v) is 21.8. The molecule has 0 saturated heterocycles. The summed E-state index contributed by atoms with van der Waals surface area (Å²) in [6.45, 7) is 0.177. The fourth-order valence-corrected chi connectivity index (χ4v) is 4.50. The van der Waals surface area contributed by atoms with Gasteiger partial charge in [0, 0.05) is 34.6 Å². The zero-order chi connectivity index (χ0) is 28.8. The number of carbonyl (C=O) groups is 3. The van der Waals surface area contributed by atoms with Crippen LogP contribution in [-0.2, 0) is 17.8 Å². The van der Waals surface area contributed by atoms with Crippen LogP contribution in [0.3, 0.4) is 0 Å². The maximum Gasteiger partial charge on any atom is 0.335 e. The highest BCUT2D eigenvalue weighted by molar-refractivity contribution is 6.12. The second-order valence-electron chi connectivity index (χ2n) is 9.42. The second kappa shape index (κ2) is 12.2. The van der Waals surface area contributed by atoms with Crippen molar-refractivity contribution >= 4 is 34.3 Å². The average molecular weight is 550 g/mol. The van der Waals surface area contributed by atoms with Gasteiger partial charge < -0.3 is 25.4 Å². The first-order valence-corrected chi connectivity index (χ1v) is 12.9. The summed E-state index contributed by atoms with van der Waals surface area (Å²) in [4.78, 5) is 39.6. The van der Waals surface area contributed by atoms with E-state index in [2.05, 4.69) is 15.8 Å². The lowest BCUT2D eigenvalue weighted by atomic mass is 10.0. The van der Waals surface area contributed by atoms with E-state index < -0.39 is 18.0 Å². The highest BCUT2D eigenvalue weighted by Crippen LogP contribution is 2.26. The summed E-state index contributed by atoms with van der Waals surface area (Å²) in [6, 6.07) is 26.8. The Balaban J connectivity index is 1.30. The van der Waals surface area contributed by atoms with Crippen LogP contribution < -0.4 is 15.6 Å². The topological polar surface area (TPSA) is 141 Å². The molecule has 9 heteroatoms. The van der Waals surface area contributed by atoms with E-state index in [1.807, 2.05) is 18.2 Å². The molecule has 9 nitrogen and oxygen atoms in total. The van der Waals surface area contributed by atoms with E-state index in [1.165, 1.54) is 6.07 Å². The summed E-state index contributed by atoms with van der Waals surface area (Å²) in [5.74, 6) is -1.69. The minimum Gasteiger partial charge on any atom is -0.489 e. The van der Waals surface area contributed by atoms with Gasteiger partial charge in [0.2, 0.25) is 0 Å². The molecule has 5 N–H and O–H groups in total. The van der Waals surface area contributed by atoms with Crippen molar-refractivity contribution < 1.29 is 29.3 Å². The van der Waals surface area contributed by atoms with Gasteiger partial charge in [-0.05, 0) is 53.6 Å². The minimum absolute atomic E-state index is 0.140. The molecule has 0 aliphatic rings. The first-order chi connectivity index (χ1) is 19.9. The molecule has 5 rings (SSSR count). The molecule has 0 spiro atoms. The van der Waals surface area contributed by atoms with Gasteiger partial charge in [0.25, 0.3) is 0 Å². The first-order valence-electron chi connectivity index (χ1n) is 12.9. The number of H-pyrrole nitrogens is 1. The van der Waals surface area contributed by atoms with Crippen LogP contribution in [0.5, 0.6) is 5.75 Å². The number of carboxylic acids is 2. The van der Waals surface area contributed by atoms with Crippen molar-refractivity contribution in [3.63, 3.8) is 0 Å². The standard InChI is InChI=1S/C32H27N3O6/c36-30(21-8-2-1-3-9-21)25-11-4-5-12-28(25)34-35-29(32(39)40)16-23-18-33-27-14-13-24(17-26(23)27)41-19-20-7-6-10-22(15-20)31(37)38/h1-15,17-18,29,33-35H,16,19H2,(H,37,38)(H,39,40)/t29-/m0/s1. The van der Waals surface area contributed by atoms with Crippen molar-refractivity contribution in [3.05, 3.63) is 131 Å². The molecule has 0 saturated carbocycles. The van der Waals surface area contributed by atoms with Crippen LogP contribution in [0, 0.1) is 0 Å². The number of benzene rings is 4. The average Bonchev–Trinajstić information content (AvgIpc) is 3.40. The molecule has 1 atom stereocenters. The van der Waals surface area contributed by atoms with Gasteiger partial charge in [-0.1, -0.05) is 54.6 Å². The van der Waals surface area contributed by atoms with Gasteiger partial charge in [-0.2, -0.15) is 0 Å². The third-order valence-electron chi connectivity index (χ3n) is 6.63. The Hall–Kier alpha value is -5.41. The van der Waals surface area contributed by atoms with Crippen molar-refractivity contribution in [1.82, 2.24) is 10.4 Å². The largest absolute Gasteiger partial charge is 0.489 e. The molecule has 0 aliphatic carbocycles. The van der Waals surface area contributed by atoms with Gasteiger partial charge in [0.1, 0.15) is 18.4 Å². The number of carbonyl (C=O) groups excluding carboxylic acids is 1. The number of aromatic carboxylic acids is 1. The zero-order valence-electron chi connectivity index (χ0n) is 21.8. The summed E-state index contributed by atoms with van der Waals surface area (Å²) in [6.07, 6.45) is 1.90. The quantitative estimate of drug-likeness (QED) is 0.104. The van der Waals surface area contributed by atoms with E-state index in [9.17, 15) is 24.6 Å². The number of nitrogens with one attached hydrogen (secondary N) is 3. The predicted octanol–water partition coefficient (Wildman–Crippen LogP) is 5.29. The molecule has 4 aromatic carbocycles. The van der Waals surface area contributed by atoms with E-state index >= 15 is 0 Å². The normalized spacial score (nSPS) is 11.6. The Morgan fingerprint density at radius 2 is 1.59 bits per heavy atom. The Kier molecular flexibility index (Phi) is 8.08. The number of fused-ring (bicyclic) bond motifs is 1. The summed E-state index contributed by atoms with van der Waals surface area (Å²) in [7, 11) is 0. The molecule has 41 heavy (non-hydrogen) atoms. The van der Waals surface area contributed by atoms with E-state index in [0.29, 0.717) is 28.1 Å². The number of rotatable bonds is 12. The summed E-state index contributed by atoms with van der Waals surface area (Å²) >= 11 is 0. The van der Waals surface area contributed by atoms with Gasteiger partial charge in [-0.3, -0.25) is 9.59 Å². The van der Waals surface area contributed by atoms with E-state index in [0.717, 1.165) is 16.5 Å². The monoisotopic (exact) mass is 549 g/mol. The fraction of sp³-hybridized carbons (Fsp3) is 0.0938. The number of aromatic nitrogens is 1. The lowest BCUT2D eigenvalue weighted by Gasteiger charge is -2.18. The number of hydrogen-bond acceptors (Lipinski definition) is 6. The van der Waals surface area contributed by atoms with Crippen molar-refractivity contribution in [3.8, 4) is 5.75 Å². The third-order valence-corrected chi connectivity index (χ3v) is 6.63. The molecule has 1 heterocycles. The molecule has 206 valence electrons. The molecule has 5 aromatic rings. The Morgan fingerprint density at radius 1 is 0.829 bits per heavy atom. The molecule has 0 unspecified atom stereocenters. The predicted molar refractivity (Wildman–Crippen MR) is 154 cm³/mol. The Labute approximate surface area is 235 Å². The van der Waals surface area contributed by atoms with E-state index in [1.54, 1.807) is 79.0 Å². The minimum atomic E-state index is -1.07. The molecule has 1 aromatic heterocycles. The molecule has 0 aliphatic heterocycles. The fourth-order valence-electron chi connectivity index (χ4n) is 4.50. The van der Waals surface area contributed by atoms with Crippen LogP contribution in [0.2, 0.25) is 0 Å². The van der Waals surface area contributed by atoms with Crippen molar-refractivity contribution in [1.29, 1.82) is 0 Å². The number of carboxylic acid groups (broad SMARTS) is 2. The number of anilines is 1.